The first-order chi connectivity index (χ1) is 9.78. The van der Waals surface area contributed by atoms with Crippen molar-refractivity contribution >= 4 is 17.0 Å². The highest BCUT2D eigenvalue weighted by atomic mass is 32.1. The van der Waals surface area contributed by atoms with Crippen LogP contribution in [0.15, 0.2) is 29.8 Å². The van der Waals surface area contributed by atoms with E-state index in [-0.39, 0.29) is 6.61 Å². The molecular weight excluding hydrogens is 270 g/mol. The number of anilines is 1. The average Bonchev–Trinajstić information content (AvgIpc) is 2.96. The van der Waals surface area contributed by atoms with E-state index in [0.717, 1.165) is 42.3 Å². The monoisotopic (exact) mass is 289 g/mol. The van der Waals surface area contributed by atoms with E-state index in [1.54, 1.807) is 11.3 Å². The van der Waals surface area contributed by atoms with Crippen molar-refractivity contribution in [3.8, 4) is 11.3 Å². The van der Waals surface area contributed by atoms with Crippen LogP contribution in [-0.2, 0) is 6.61 Å². The molecule has 0 spiro atoms. The summed E-state index contributed by atoms with van der Waals surface area (Å²) < 4.78 is 0. The standard InChI is InChI=1S/C15H19N3OS/c1-17-5-7-18(8-6-17)12-2-4-16-14(10-12)13-3-9-20-15(13)11-19/h2-4,9-10,19H,5-8,11H2,1H3. The number of nitrogens with zero attached hydrogens (tertiary/aromatic N) is 3. The summed E-state index contributed by atoms with van der Waals surface area (Å²) in [7, 11) is 2.16. The molecule has 2 aromatic rings. The summed E-state index contributed by atoms with van der Waals surface area (Å²) in [5, 5.41) is 11.4. The lowest BCUT2D eigenvalue weighted by Crippen LogP contribution is -2.44. The Labute approximate surface area is 123 Å². The molecule has 0 aromatic carbocycles. The molecule has 0 amide bonds. The molecule has 1 aliphatic rings. The number of thiophene rings is 1. The van der Waals surface area contributed by atoms with Gasteiger partial charge < -0.3 is 14.9 Å². The Balaban J connectivity index is 1.86. The summed E-state index contributed by atoms with van der Waals surface area (Å²) >= 11 is 1.58. The van der Waals surface area contributed by atoms with E-state index in [1.165, 1.54) is 5.69 Å². The number of aliphatic hydroxyl groups is 1. The van der Waals surface area contributed by atoms with Gasteiger partial charge in [-0.2, -0.15) is 0 Å². The molecule has 1 saturated heterocycles. The highest BCUT2D eigenvalue weighted by molar-refractivity contribution is 7.10. The van der Waals surface area contributed by atoms with Gasteiger partial charge in [-0.3, -0.25) is 4.98 Å². The molecule has 3 heterocycles. The quantitative estimate of drug-likeness (QED) is 0.939. The normalized spacial score (nSPS) is 16.6. The molecule has 20 heavy (non-hydrogen) atoms. The SMILES string of the molecule is CN1CCN(c2ccnc(-c3ccsc3CO)c2)CC1. The zero-order valence-corrected chi connectivity index (χ0v) is 12.4. The smallest absolute Gasteiger partial charge is 0.0781 e. The summed E-state index contributed by atoms with van der Waals surface area (Å²) in [6.45, 7) is 4.37. The van der Waals surface area contributed by atoms with Crippen molar-refractivity contribution in [1.82, 2.24) is 9.88 Å². The molecule has 3 rings (SSSR count). The number of hydrogen-bond acceptors (Lipinski definition) is 5. The van der Waals surface area contributed by atoms with Crippen LogP contribution in [0.3, 0.4) is 0 Å². The molecule has 1 aliphatic heterocycles. The topological polar surface area (TPSA) is 39.6 Å². The van der Waals surface area contributed by atoms with E-state index >= 15 is 0 Å². The number of piperazine rings is 1. The first-order valence-electron chi connectivity index (χ1n) is 6.85. The maximum absolute atomic E-state index is 9.38. The van der Waals surface area contributed by atoms with E-state index in [1.807, 2.05) is 17.6 Å². The van der Waals surface area contributed by atoms with Crippen LogP contribution in [0.2, 0.25) is 0 Å². The molecule has 0 saturated carbocycles. The van der Waals surface area contributed by atoms with Crippen molar-refractivity contribution in [2.45, 2.75) is 6.61 Å². The van der Waals surface area contributed by atoms with Crippen LogP contribution in [0.5, 0.6) is 0 Å². The van der Waals surface area contributed by atoms with Crippen LogP contribution in [0.25, 0.3) is 11.3 Å². The second kappa shape index (κ2) is 5.91. The molecule has 0 radical (unpaired) electrons. The largest absolute Gasteiger partial charge is 0.391 e. The molecule has 106 valence electrons. The van der Waals surface area contributed by atoms with Crippen LogP contribution in [0.4, 0.5) is 5.69 Å². The second-order valence-corrected chi connectivity index (χ2v) is 6.11. The van der Waals surface area contributed by atoms with Gasteiger partial charge in [0.2, 0.25) is 0 Å². The van der Waals surface area contributed by atoms with Crippen molar-refractivity contribution < 1.29 is 5.11 Å². The molecule has 2 aromatic heterocycles. The molecule has 1 N–H and O–H groups in total. The van der Waals surface area contributed by atoms with E-state index in [4.69, 9.17) is 0 Å². The van der Waals surface area contributed by atoms with E-state index < -0.39 is 0 Å². The second-order valence-electron chi connectivity index (χ2n) is 5.11. The van der Waals surface area contributed by atoms with E-state index in [9.17, 15) is 5.11 Å². The lowest BCUT2D eigenvalue weighted by molar-refractivity contribution is 0.286. The Hall–Kier alpha value is -1.43. The molecule has 0 aliphatic carbocycles. The van der Waals surface area contributed by atoms with E-state index in [0.29, 0.717) is 0 Å². The number of aliphatic hydroxyl groups excluding tert-OH is 1. The van der Waals surface area contributed by atoms with Gasteiger partial charge in [0.1, 0.15) is 0 Å². The predicted molar refractivity (Wildman–Crippen MR) is 83.2 cm³/mol. The zero-order valence-electron chi connectivity index (χ0n) is 11.6. The first kappa shape index (κ1) is 13.5. The molecule has 4 nitrogen and oxygen atoms in total. The minimum atomic E-state index is 0.0768. The third-order valence-electron chi connectivity index (χ3n) is 3.78. The Morgan fingerprint density at radius 1 is 1.25 bits per heavy atom. The van der Waals surface area contributed by atoms with Crippen molar-refractivity contribution in [3.05, 3.63) is 34.7 Å². The van der Waals surface area contributed by atoms with E-state index in [2.05, 4.69) is 34.0 Å². The number of hydrogen-bond donors (Lipinski definition) is 1. The Bertz CT molecular complexity index is 576. The van der Waals surface area contributed by atoms with Gasteiger partial charge in [0, 0.05) is 48.5 Å². The highest BCUT2D eigenvalue weighted by Gasteiger charge is 2.15. The van der Waals surface area contributed by atoms with Crippen LogP contribution in [0.1, 0.15) is 4.88 Å². The number of likely N-dealkylation sites (N-methyl/N-ethyl adjacent to an activating group) is 1. The maximum atomic E-state index is 9.38. The first-order valence-corrected chi connectivity index (χ1v) is 7.73. The summed E-state index contributed by atoms with van der Waals surface area (Å²) in [6.07, 6.45) is 1.86. The van der Waals surface area contributed by atoms with Crippen molar-refractivity contribution in [3.63, 3.8) is 0 Å². The Morgan fingerprint density at radius 3 is 2.80 bits per heavy atom. The van der Waals surface area contributed by atoms with Crippen molar-refractivity contribution in [2.24, 2.45) is 0 Å². The zero-order chi connectivity index (χ0) is 13.9. The minimum absolute atomic E-state index is 0.0768. The third kappa shape index (κ3) is 2.70. The van der Waals surface area contributed by atoms with Crippen LogP contribution in [0, 0.1) is 0 Å². The summed E-state index contributed by atoms with van der Waals surface area (Å²) in [4.78, 5) is 10.2. The molecule has 5 heteroatoms. The summed E-state index contributed by atoms with van der Waals surface area (Å²) in [5.74, 6) is 0. The number of aromatic nitrogens is 1. The lowest BCUT2D eigenvalue weighted by atomic mass is 10.1. The number of pyridine rings is 1. The molecular formula is C15H19N3OS. The van der Waals surface area contributed by atoms with Gasteiger partial charge in [-0.25, -0.2) is 0 Å². The molecule has 0 atom stereocenters. The molecule has 0 unspecified atom stereocenters. The Kier molecular flexibility index (Phi) is 4.00. The molecule has 0 bridgehead atoms. The van der Waals surface area contributed by atoms with Crippen LogP contribution in [-0.4, -0.2) is 48.2 Å². The third-order valence-corrected chi connectivity index (χ3v) is 4.68. The van der Waals surface area contributed by atoms with Gasteiger partial charge in [0.15, 0.2) is 0 Å². The van der Waals surface area contributed by atoms with Gasteiger partial charge in [0.05, 0.1) is 12.3 Å². The maximum Gasteiger partial charge on any atom is 0.0781 e. The summed E-state index contributed by atoms with van der Waals surface area (Å²) in [5.41, 5.74) is 3.22. The van der Waals surface area contributed by atoms with Gasteiger partial charge >= 0.3 is 0 Å². The van der Waals surface area contributed by atoms with Gasteiger partial charge in [0.25, 0.3) is 0 Å². The van der Waals surface area contributed by atoms with Crippen LogP contribution >= 0.6 is 11.3 Å². The van der Waals surface area contributed by atoms with Crippen LogP contribution < -0.4 is 4.90 Å². The summed E-state index contributed by atoms with van der Waals surface area (Å²) in [6, 6.07) is 6.23. The fourth-order valence-corrected chi connectivity index (χ4v) is 3.26. The fourth-order valence-electron chi connectivity index (χ4n) is 2.52. The Morgan fingerprint density at radius 2 is 2.05 bits per heavy atom. The fraction of sp³-hybridized carbons (Fsp3) is 0.400. The molecule has 1 fully saturated rings. The van der Waals surface area contributed by atoms with Crippen molar-refractivity contribution in [2.75, 3.05) is 38.1 Å². The highest BCUT2D eigenvalue weighted by Crippen LogP contribution is 2.29. The lowest BCUT2D eigenvalue weighted by Gasteiger charge is -2.34. The van der Waals surface area contributed by atoms with Gasteiger partial charge in [-0.05, 0) is 30.6 Å². The average molecular weight is 289 g/mol. The van der Waals surface area contributed by atoms with Gasteiger partial charge in [-0.1, -0.05) is 0 Å². The van der Waals surface area contributed by atoms with Crippen molar-refractivity contribution in [1.29, 1.82) is 0 Å². The number of rotatable bonds is 3. The minimum Gasteiger partial charge on any atom is -0.391 e. The van der Waals surface area contributed by atoms with Gasteiger partial charge in [-0.15, -0.1) is 11.3 Å². The predicted octanol–water partition coefficient (Wildman–Crippen LogP) is 2.05.